The van der Waals surface area contributed by atoms with E-state index in [9.17, 15) is 5.48 Å². The normalized spacial score (nSPS) is 21.0. The van der Waals surface area contributed by atoms with Crippen LogP contribution >= 0.6 is 0 Å². The summed E-state index contributed by atoms with van der Waals surface area (Å²) in [6, 6.07) is 32.7. The van der Waals surface area contributed by atoms with Crippen LogP contribution < -0.4 is 10.4 Å². The van der Waals surface area contributed by atoms with Crippen molar-refractivity contribution in [2.24, 2.45) is 11.8 Å². The van der Waals surface area contributed by atoms with E-state index in [1.54, 1.807) is 0 Å². The molecule has 0 bridgehead atoms. The molecule has 6 aromatic carbocycles. The van der Waals surface area contributed by atoms with E-state index in [-0.39, 0.29) is 46.7 Å². The first-order valence-corrected chi connectivity index (χ1v) is 14.4. The first kappa shape index (κ1) is 17.5. The number of benzene rings is 6. The van der Waals surface area contributed by atoms with Crippen molar-refractivity contribution in [2.45, 2.75) is 0 Å². The summed E-state index contributed by atoms with van der Waals surface area (Å²) in [6.07, 6.45) is 0. The van der Waals surface area contributed by atoms with Gasteiger partial charge in [-0.2, -0.15) is 0 Å². The molecule has 202 valence electrons. The summed E-state index contributed by atoms with van der Waals surface area (Å²) in [4.78, 5) is 0. The van der Waals surface area contributed by atoms with Crippen molar-refractivity contribution in [2.75, 3.05) is 0 Å². The van der Waals surface area contributed by atoms with Gasteiger partial charge in [0.05, 0.1) is 11.0 Å². The lowest BCUT2D eigenvalue weighted by molar-refractivity contribution is 0.669. The molecule has 0 saturated carbocycles. The molecule has 2 unspecified atom stereocenters. The quantitative estimate of drug-likeness (QED) is 0.211. The fourth-order valence-electron chi connectivity index (χ4n) is 6.73. The van der Waals surface area contributed by atoms with Crippen LogP contribution in [0.15, 0.2) is 162 Å². The predicted molar refractivity (Wildman–Crippen MR) is 179 cm³/mol. The molecule has 0 saturated heterocycles. The minimum atomic E-state index is -0.945. The molecule has 0 amide bonds. The lowest BCUT2D eigenvalue weighted by Crippen LogP contribution is -2.40. The highest BCUT2D eigenvalue weighted by Crippen LogP contribution is 2.42. The van der Waals surface area contributed by atoms with Crippen molar-refractivity contribution in [3.63, 3.8) is 0 Å². The average Bonchev–Trinajstić information content (AvgIpc) is 3.54. The molecule has 9 rings (SSSR count). The van der Waals surface area contributed by atoms with Gasteiger partial charge in [0, 0.05) is 22.6 Å². The van der Waals surface area contributed by atoms with Gasteiger partial charge in [0.25, 0.3) is 0 Å². The van der Waals surface area contributed by atoms with Gasteiger partial charge >= 0.3 is 0 Å². The van der Waals surface area contributed by atoms with E-state index in [1.807, 2.05) is 103 Å². The van der Waals surface area contributed by atoms with E-state index in [2.05, 4.69) is 6.07 Å². The van der Waals surface area contributed by atoms with Crippen molar-refractivity contribution in [1.82, 2.24) is 0 Å². The first-order chi connectivity index (χ1) is 24.7. The second kappa shape index (κ2) is 9.58. The molecule has 1 nitrogen and oxygen atoms in total. The predicted octanol–water partition coefficient (Wildman–Crippen LogP) is 9.18. The third-order valence-corrected chi connectivity index (χ3v) is 8.69. The summed E-state index contributed by atoms with van der Waals surface area (Å²) >= 11 is 0. The highest BCUT2D eigenvalue weighted by Gasteiger charge is 2.32. The molecule has 1 aromatic heterocycles. The Balaban J connectivity index is 1.37. The number of para-hydroxylation sites is 1. The summed E-state index contributed by atoms with van der Waals surface area (Å²) < 4.78 is 78.1. The highest BCUT2D eigenvalue weighted by molar-refractivity contribution is 6.06. The second-order valence-electron chi connectivity index (χ2n) is 11.0. The van der Waals surface area contributed by atoms with Gasteiger partial charge in [-0.15, -0.1) is 0 Å². The van der Waals surface area contributed by atoms with Crippen LogP contribution in [0.2, 0.25) is 0 Å². The molecule has 0 spiro atoms. The largest absolute Gasteiger partial charge is 0.456 e. The van der Waals surface area contributed by atoms with Gasteiger partial charge in [0.1, 0.15) is 11.2 Å². The summed E-state index contributed by atoms with van der Waals surface area (Å²) in [5.74, 6) is -1.89. The fraction of sp³-hybridized carbons (Fsp3) is 0.0476. The van der Waals surface area contributed by atoms with E-state index in [0.29, 0.717) is 22.3 Å². The van der Waals surface area contributed by atoms with Crippen LogP contribution in [0.5, 0.6) is 0 Å². The lowest BCUT2D eigenvalue weighted by Gasteiger charge is -2.33. The molecule has 0 N–H and O–H groups in total. The SMILES string of the molecule is [2H]C1=C([2H])C2C(c3ccc(-c4ccc5oc6ccccc6c5c4)cc3)=c3c([2H])c([2H])c([2H])c([2H])c3=C(c3cccc4ccccc34)C2C([2H])=C1[2H]. The van der Waals surface area contributed by atoms with Crippen LogP contribution in [0.1, 0.15) is 22.1 Å². The maximum Gasteiger partial charge on any atom is 0.135 e. The molecular weight excluding hydrogens is 520 g/mol. The molecule has 7 aromatic rings. The minimum absolute atomic E-state index is 0.156. The summed E-state index contributed by atoms with van der Waals surface area (Å²) in [5, 5.41) is 4.26. The molecular formula is C42H28O. The van der Waals surface area contributed by atoms with Gasteiger partial charge in [-0.3, -0.25) is 0 Å². The Hall–Kier alpha value is -5.40. The van der Waals surface area contributed by atoms with E-state index in [4.69, 9.17) is 9.90 Å². The standard InChI is InChI=1S/C42H28O/c1-2-12-31-28(10-1)11-9-18-33(31)42-36-16-5-3-14-34(36)41(35-15-4-6-17-37(35)42)29-22-20-27(21-23-29)30-24-25-40-38(26-30)32-13-7-8-19-39(32)43-40/h1-26,34,36H/i3D,4D,5D,6D,14D,15D,16D,17D. The van der Waals surface area contributed by atoms with E-state index < -0.39 is 23.9 Å². The van der Waals surface area contributed by atoms with Crippen LogP contribution in [0, 0.1) is 11.8 Å². The number of allylic oxidation sites excluding steroid dienone is 4. The number of rotatable bonds is 3. The van der Waals surface area contributed by atoms with Gasteiger partial charge in [-0.05, 0) is 72.8 Å². The molecule has 0 radical (unpaired) electrons. The Morgan fingerprint density at radius 1 is 0.512 bits per heavy atom. The smallest absolute Gasteiger partial charge is 0.135 e. The molecule has 2 aliphatic rings. The van der Waals surface area contributed by atoms with Crippen molar-refractivity contribution < 1.29 is 15.4 Å². The third kappa shape index (κ3) is 3.78. The summed E-state index contributed by atoms with van der Waals surface area (Å²) in [6.45, 7) is 0. The van der Waals surface area contributed by atoms with E-state index >= 15 is 0 Å². The van der Waals surface area contributed by atoms with Crippen molar-refractivity contribution in [1.29, 1.82) is 0 Å². The Morgan fingerprint density at radius 2 is 1.14 bits per heavy atom. The Kier molecular flexibility index (Phi) is 3.90. The zero-order chi connectivity index (χ0) is 35.3. The number of fused-ring (bicyclic) bond motifs is 6. The van der Waals surface area contributed by atoms with E-state index in [0.717, 1.165) is 43.8 Å². The Labute approximate surface area is 261 Å². The fourth-order valence-corrected chi connectivity index (χ4v) is 6.73. The van der Waals surface area contributed by atoms with Gasteiger partial charge < -0.3 is 4.42 Å². The van der Waals surface area contributed by atoms with Gasteiger partial charge in [0.2, 0.25) is 0 Å². The zero-order valence-corrected chi connectivity index (χ0v) is 23.0. The van der Waals surface area contributed by atoms with Crippen LogP contribution in [0.25, 0.3) is 55.0 Å². The molecule has 2 atom stereocenters. The Bertz CT molecular complexity index is 2840. The minimum Gasteiger partial charge on any atom is -0.456 e. The van der Waals surface area contributed by atoms with Crippen molar-refractivity contribution >= 4 is 43.9 Å². The number of hydrogen-bond acceptors (Lipinski definition) is 1. The van der Waals surface area contributed by atoms with Crippen molar-refractivity contribution in [3.8, 4) is 11.1 Å². The van der Waals surface area contributed by atoms with Crippen LogP contribution in [0.4, 0.5) is 0 Å². The average molecular weight is 557 g/mol. The van der Waals surface area contributed by atoms with E-state index in [1.165, 1.54) is 0 Å². The maximum atomic E-state index is 9.30. The van der Waals surface area contributed by atoms with Gasteiger partial charge in [0.15, 0.2) is 0 Å². The van der Waals surface area contributed by atoms with Gasteiger partial charge in [-0.1, -0.05) is 139 Å². The summed E-state index contributed by atoms with van der Waals surface area (Å²) in [7, 11) is 0. The maximum absolute atomic E-state index is 9.30. The Morgan fingerprint density at radius 3 is 1.98 bits per heavy atom. The number of hydrogen-bond donors (Lipinski definition) is 0. The topological polar surface area (TPSA) is 13.1 Å². The molecule has 2 aliphatic carbocycles. The monoisotopic (exact) mass is 556 g/mol. The summed E-state index contributed by atoms with van der Waals surface area (Å²) in [5.41, 5.74) is 5.67. The van der Waals surface area contributed by atoms with Crippen LogP contribution in [-0.2, 0) is 0 Å². The molecule has 1 heteroatoms. The third-order valence-electron chi connectivity index (χ3n) is 8.69. The lowest BCUT2D eigenvalue weighted by atomic mass is 9.69. The molecule has 1 heterocycles. The van der Waals surface area contributed by atoms with Gasteiger partial charge in [-0.25, -0.2) is 0 Å². The first-order valence-electron chi connectivity index (χ1n) is 18.4. The second-order valence-corrected chi connectivity index (χ2v) is 11.0. The highest BCUT2D eigenvalue weighted by atomic mass is 16.3. The number of furan rings is 1. The zero-order valence-electron chi connectivity index (χ0n) is 31.0. The molecule has 43 heavy (non-hydrogen) atoms. The van der Waals surface area contributed by atoms with Crippen LogP contribution in [-0.4, -0.2) is 0 Å². The van der Waals surface area contributed by atoms with Crippen molar-refractivity contribution in [3.05, 3.63) is 179 Å². The molecule has 0 aliphatic heterocycles. The van der Waals surface area contributed by atoms with Crippen LogP contribution in [0.3, 0.4) is 0 Å². The molecule has 0 fully saturated rings.